The Hall–Kier alpha value is -2.62. The zero-order valence-electron chi connectivity index (χ0n) is 29.4. The van der Waals surface area contributed by atoms with Crippen LogP contribution in [0.25, 0.3) is 0 Å². The number of aliphatic hydroxyl groups is 1. The fraction of sp³-hybridized carbons (Fsp3) is 0.676. The quantitative estimate of drug-likeness (QED) is 0.201. The predicted octanol–water partition coefficient (Wildman–Crippen LogP) is 6.54. The Kier molecular flexibility index (Phi) is 14.9. The van der Waals surface area contributed by atoms with E-state index < -0.39 is 12.0 Å². The average Bonchev–Trinajstić information content (AvgIpc) is 3.52. The van der Waals surface area contributed by atoms with E-state index in [-0.39, 0.29) is 54.0 Å². The summed E-state index contributed by atoms with van der Waals surface area (Å²) in [5.41, 5.74) is 1.47. The van der Waals surface area contributed by atoms with E-state index in [0.717, 1.165) is 45.1 Å². The van der Waals surface area contributed by atoms with Gasteiger partial charge in [-0.15, -0.1) is 11.3 Å². The molecule has 0 aliphatic carbocycles. The van der Waals surface area contributed by atoms with E-state index in [1.807, 2.05) is 39.1 Å². The van der Waals surface area contributed by atoms with E-state index in [1.165, 1.54) is 16.9 Å². The molecule has 2 N–H and O–H groups in total. The molecule has 6 atom stereocenters. The number of nitrogens with one attached hydrogen (secondary N) is 1. The number of likely N-dealkylation sites (N-methyl/N-ethyl adjacent to an activating group) is 1. The van der Waals surface area contributed by atoms with Crippen molar-refractivity contribution in [3.63, 3.8) is 0 Å². The standard InChI is InChI=1S/C37H58N4O4S/c1-9-26(6)29(21-33(42)31-17-13-14-18-40(31)7)37(45)41(8)32(25(4)5)22-34(43)36-39-30(23-46-36)35(44)38-28(19-24(2)3)20-27-15-11-10-12-16-27/h10-12,15-16,23-26,28-29,31-32,34,43H,9,13-14,17-22H2,1-8H3,(H,38,44)/t26-,28+,29-,31+,32+,34+/m0/s1. The fourth-order valence-corrected chi connectivity index (χ4v) is 7.54. The number of ketones is 1. The van der Waals surface area contributed by atoms with Gasteiger partial charge in [0.15, 0.2) is 5.78 Å². The van der Waals surface area contributed by atoms with E-state index in [2.05, 4.69) is 55.0 Å². The van der Waals surface area contributed by atoms with E-state index in [4.69, 9.17) is 0 Å². The molecule has 8 nitrogen and oxygen atoms in total. The van der Waals surface area contributed by atoms with Crippen LogP contribution in [0.3, 0.4) is 0 Å². The molecule has 2 aromatic rings. The number of thiazole rings is 1. The van der Waals surface area contributed by atoms with Crippen LogP contribution in [0.15, 0.2) is 35.7 Å². The highest BCUT2D eigenvalue weighted by molar-refractivity contribution is 7.09. The Bertz CT molecular complexity index is 1250. The maximum atomic E-state index is 14.0. The van der Waals surface area contributed by atoms with Crippen molar-refractivity contribution in [2.45, 2.75) is 117 Å². The molecule has 0 saturated carbocycles. The van der Waals surface area contributed by atoms with Gasteiger partial charge in [0.2, 0.25) is 5.91 Å². The van der Waals surface area contributed by atoms with Gasteiger partial charge in [-0.05, 0) is 62.6 Å². The van der Waals surface area contributed by atoms with Crippen LogP contribution in [0.1, 0.15) is 114 Å². The number of amides is 2. The molecule has 256 valence electrons. The SMILES string of the molecule is CC[C@H](C)[C@H](CC(=O)[C@H]1CCCCN1C)C(=O)N(C)[C@H](C[C@@H](O)c1nc(C(=O)N[C@@H](Cc2ccccc2)CC(C)C)cs1)C(C)C. The molecule has 46 heavy (non-hydrogen) atoms. The van der Waals surface area contributed by atoms with Crippen molar-refractivity contribution in [2.75, 3.05) is 20.6 Å². The van der Waals surface area contributed by atoms with Crippen LogP contribution in [0.5, 0.6) is 0 Å². The summed E-state index contributed by atoms with van der Waals surface area (Å²) in [6.45, 7) is 13.4. The Morgan fingerprint density at radius 3 is 2.39 bits per heavy atom. The highest BCUT2D eigenvalue weighted by Gasteiger charge is 2.37. The normalized spacial score (nSPS) is 19.0. The van der Waals surface area contributed by atoms with Gasteiger partial charge < -0.3 is 15.3 Å². The lowest BCUT2D eigenvalue weighted by Crippen LogP contribution is -2.48. The van der Waals surface area contributed by atoms with Crippen LogP contribution < -0.4 is 5.32 Å². The van der Waals surface area contributed by atoms with Crippen molar-refractivity contribution < 1.29 is 19.5 Å². The summed E-state index contributed by atoms with van der Waals surface area (Å²) in [7, 11) is 3.81. The van der Waals surface area contributed by atoms with E-state index >= 15 is 0 Å². The zero-order chi connectivity index (χ0) is 34.0. The Morgan fingerprint density at radius 1 is 1.09 bits per heavy atom. The summed E-state index contributed by atoms with van der Waals surface area (Å²) in [5, 5.41) is 16.7. The first-order chi connectivity index (χ1) is 21.8. The number of nitrogens with zero attached hydrogens (tertiary/aromatic N) is 3. The van der Waals surface area contributed by atoms with E-state index in [0.29, 0.717) is 23.0 Å². The smallest absolute Gasteiger partial charge is 0.270 e. The number of piperidine rings is 1. The number of benzene rings is 1. The van der Waals surface area contributed by atoms with Crippen molar-refractivity contribution >= 4 is 28.9 Å². The molecule has 1 aromatic carbocycles. The van der Waals surface area contributed by atoms with Crippen LogP contribution >= 0.6 is 11.3 Å². The maximum absolute atomic E-state index is 14.0. The van der Waals surface area contributed by atoms with Gasteiger partial charge in [0.25, 0.3) is 5.91 Å². The largest absolute Gasteiger partial charge is 0.386 e. The number of rotatable bonds is 17. The number of hydrogen-bond acceptors (Lipinski definition) is 7. The Labute approximate surface area is 281 Å². The molecule has 1 saturated heterocycles. The molecule has 0 unspecified atom stereocenters. The second kappa shape index (κ2) is 18.1. The lowest BCUT2D eigenvalue weighted by atomic mass is 9.83. The highest BCUT2D eigenvalue weighted by atomic mass is 32.1. The predicted molar refractivity (Wildman–Crippen MR) is 187 cm³/mol. The Morgan fingerprint density at radius 2 is 1.78 bits per heavy atom. The monoisotopic (exact) mass is 654 g/mol. The second-order valence-corrected chi connectivity index (χ2v) is 15.1. The summed E-state index contributed by atoms with van der Waals surface area (Å²) >= 11 is 1.27. The molecule has 1 aliphatic rings. The van der Waals surface area contributed by atoms with Gasteiger partial charge in [-0.1, -0.05) is 84.7 Å². The molecule has 2 amide bonds. The number of carbonyl (C=O) groups excluding carboxylic acids is 3. The first kappa shape index (κ1) is 37.8. The minimum absolute atomic E-state index is 0.0289. The van der Waals surface area contributed by atoms with Crippen LogP contribution in [0, 0.1) is 23.7 Å². The molecule has 3 rings (SSSR count). The van der Waals surface area contributed by atoms with E-state index in [9.17, 15) is 19.5 Å². The molecular weight excluding hydrogens is 596 g/mol. The second-order valence-electron chi connectivity index (χ2n) is 14.2. The minimum atomic E-state index is -0.926. The molecule has 0 radical (unpaired) electrons. The molecule has 2 heterocycles. The van der Waals surface area contributed by atoms with Crippen LogP contribution in [-0.4, -0.2) is 76.3 Å². The van der Waals surface area contributed by atoms with Gasteiger partial charge in [0.05, 0.1) is 6.04 Å². The number of likely N-dealkylation sites (tertiary alicyclic amines) is 1. The maximum Gasteiger partial charge on any atom is 0.270 e. The van der Waals surface area contributed by atoms with Crippen molar-refractivity contribution in [1.29, 1.82) is 0 Å². The van der Waals surface area contributed by atoms with E-state index in [1.54, 1.807) is 17.3 Å². The zero-order valence-corrected chi connectivity index (χ0v) is 30.2. The van der Waals surface area contributed by atoms with Gasteiger partial charge in [0, 0.05) is 43.3 Å². The first-order valence-electron chi connectivity index (χ1n) is 17.3. The molecular formula is C37H58N4O4S. The molecule has 1 aliphatic heterocycles. The van der Waals surface area contributed by atoms with Gasteiger partial charge in [-0.3, -0.25) is 19.3 Å². The third-order valence-electron chi connectivity index (χ3n) is 9.75. The fourth-order valence-electron chi connectivity index (χ4n) is 6.75. The van der Waals surface area contributed by atoms with Gasteiger partial charge in [-0.2, -0.15) is 0 Å². The summed E-state index contributed by atoms with van der Waals surface area (Å²) in [6.07, 6.45) is 5.00. The third-order valence-corrected chi connectivity index (χ3v) is 10.7. The highest BCUT2D eigenvalue weighted by Crippen LogP contribution is 2.31. The summed E-state index contributed by atoms with van der Waals surface area (Å²) in [4.78, 5) is 49.1. The van der Waals surface area contributed by atoms with Crippen LogP contribution in [0.2, 0.25) is 0 Å². The van der Waals surface area contributed by atoms with Crippen molar-refractivity contribution in [3.8, 4) is 0 Å². The average molecular weight is 655 g/mol. The molecule has 1 aromatic heterocycles. The lowest BCUT2D eigenvalue weighted by Gasteiger charge is -2.37. The lowest BCUT2D eigenvalue weighted by molar-refractivity contribution is -0.143. The number of aromatic nitrogens is 1. The first-order valence-corrected chi connectivity index (χ1v) is 18.2. The van der Waals surface area contributed by atoms with Crippen LogP contribution in [0.4, 0.5) is 0 Å². The number of aliphatic hydroxyl groups excluding tert-OH is 1. The van der Waals surface area contributed by atoms with Gasteiger partial charge in [-0.25, -0.2) is 4.98 Å². The summed E-state index contributed by atoms with van der Waals surface area (Å²) < 4.78 is 0. The Balaban J connectivity index is 1.69. The molecule has 0 spiro atoms. The third kappa shape index (κ3) is 10.7. The van der Waals surface area contributed by atoms with Gasteiger partial charge >= 0.3 is 0 Å². The van der Waals surface area contributed by atoms with Crippen molar-refractivity contribution in [3.05, 3.63) is 52.0 Å². The molecule has 1 fully saturated rings. The number of Topliss-reactive ketones (excluding diaryl/α,β-unsaturated/α-hetero) is 1. The van der Waals surface area contributed by atoms with Crippen molar-refractivity contribution in [1.82, 2.24) is 20.1 Å². The van der Waals surface area contributed by atoms with Crippen molar-refractivity contribution in [2.24, 2.45) is 23.7 Å². The number of carbonyl (C=O) groups is 3. The minimum Gasteiger partial charge on any atom is -0.386 e. The summed E-state index contributed by atoms with van der Waals surface area (Å²) in [6, 6.07) is 9.74. The summed E-state index contributed by atoms with van der Waals surface area (Å²) in [5.74, 6) is 0.0194. The number of hydrogen-bond donors (Lipinski definition) is 2. The molecule has 0 bridgehead atoms. The topological polar surface area (TPSA) is 103 Å². The van der Waals surface area contributed by atoms with Crippen LogP contribution in [-0.2, 0) is 16.0 Å². The molecule has 9 heteroatoms. The van der Waals surface area contributed by atoms with Gasteiger partial charge in [0.1, 0.15) is 16.8 Å².